The second-order valence-corrected chi connectivity index (χ2v) is 7.68. The van der Waals surface area contributed by atoms with Crippen molar-refractivity contribution in [3.63, 3.8) is 0 Å². The average Bonchev–Trinajstić information content (AvgIpc) is 3.07. The number of halogens is 1. The van der Waals surface area contributed by atoms with Crippen molar-refractivity contribution in [2.24, 2.45) is 0 Å². The Morgan fingerprint density at radius 1 is 1.00 bits per heavy atom. The highest BCUT2D eigenvalue weighted by Crippen LogP contribution is 2.34. The van der Waals surface area contributed by atoms with Gasteiger partial charge in [0.15, 0.2) is 0 Å². The first-order valence-electron chi connectivity index (χ1n) is 9.57. The van der Waals surface area contributed by atoms with Gasteiger partial charge >= 0.3 is 0 Å². The molecule has 0 aliphatic carbocycles. The van der Waals surface area contributed by atoms with E-state index in [-0.39, 0.29) is 17.9 Å². The zero-order valence-electron chi connectivity index (χ0n) is 16.1. The molecule has 0 saturated carbocycles. The van der Waals surface area contributed by atoms with E-state index in [1.165, 1.54) is 0 Å². The Hall–Kier alpha value is -3.11. The van der Waals surface area contributed by atoms with E-state index in [1.807, 2.05) is 53.4 Å². The van der Waals surface area contributed by atoms with Gasteiger partial charge in [0.05, 0.1) is 0 Å². The van der Waals surface area contributed by atoms with Crippen molar-refractivity contribution < 1.29 is 9.59 Å². The summed E-state index contributed by atoms with van der Waals surface area (Å²) in [5.41, 5.74) is 4.25. The zero-order chi connectivity index (χ0) is 20.4. The SMILES string of the molecule is CC1Cc2ccc(CNC(=O)c3ccc(Cl)cc3)cc2N1C(=O)c1ccccc1. The summed E-state index contributed by atoms with van der Waals surface area (Å²) in [4.78, 5) is 27.3. The molecule has 1 unspecified atom stereocenters. The Bertz CT molecular complexity index is 1050. The van der Waals surface area contributed by atoms with E-state index in [1.54, 1.807) is 24.3 Å². The van der Waals surface area contributed by atoms with Crippen LogP contribution in [0.15, 0.2) is 72.8 Å². The summed E-state index contributed by atoms with van der Waals surface area (Å²) in [7, 11) is 0. The number of hydrogen-bond donors (Lipinski definition) is 1. The standard InChI is InChI=1S/C24H21ClN2O2/c1-16-13-20-8-7-17(15-26-23(28)18-9-11-21(25)12-10-18)14-22(20)27(16)24(29)19-5-3-2-4-6-19/h2-12,14,16H,13,15H2,1H3,(H,26,28). The van der Waals surface area contributed by atoms with Crippen molar-refractivity contribution in [3.8, 4) is 0 Å². The molecular formula is C24H21ClN2O2. The lowest BCUT2D eigenvalue weighted by Crippen LogP contribution is -2.35. The molecule has 0 bridgehead atoms. The third-order valence-electron chi connectivity index (χ3n) is 5.16. The molecule has 1 N–H and O–H groups in total. The van der Waals surface area contributed by atoms with Gasteiger partial charge in [-0.05, 0) is 66.9 Å². The molecule has 146 valence electrons. The van der Waals surface area contributed by atoms with Crippen molar-refractivity contribution in [2.75, 3.05) is 4.90 Å². The minimum Gasteiger partial charge on any atom is -0.348 e. The van der Waals surface area contributed by atoms with E-state index in [0.717, 1.165) is 23.2 Å². The maximum absolute atomic E-state index is 13.1. The summed E-state index contributed by atoms with van der Waals surface area (Å²) in [5.74, 6) is -0.160. The number of amides is 2. The number of carbonyl (C=O) groups is 2. The Morgan fingerprint density at radius 3 is 2.45 bits per heavy atom. The maximum atomic E-state index is 13.1. The highest BCUT2D eigenvalue weighted by atomic mass is 35.5. The molecule has 2 amide bonds. The maximum Gasteiger partial charge on any atom is 0.258 e. The minimum atomic E-state index is -0.159. The fourth-order valence-electron chi connectivity index (χ4n) is 3.68. The molecule has 0 spiro atoms. The molecule has 0 saturated heterocycles. The highest BCUT2D eigenvalue weighted by molar-refractivity contribution is 6.30. The number of nitrogens with one attached hydrogen (secondary N) is 1. The largest absolute Gasteiger partial charge is 0.348 e. The summed E-state index contributed by atoms with van der Waals surface area (Å²) >= 11 is 5.87. The van der Waals surface area contributed by atoms with E-state index < -0.39 is 0 Å². The van der Waals surface area contributed by atoms with E-state index in [0.29, 0.717) is 22.7 Å². The Balaban J connectivity index is 1.52. The molecule has 29 heavy (non-hydrogen) atoms. The molecule has 1 atom stereocenters. The highest BCUT2D eigenvalue weighted by Gasteiger charge is 2.31. The van der Waals surface area contributed by atoms with Gasteiger partial charge in [0.1, 0.15) is 0 Å². The van der Waals surface area contributed by atoms with Crippen LogP contribution < -0.4 is 10.2 Å². The van der Waals surface area contributed by atoms with Crippen LogP contribution in [-0.4, -0.2) is 17.9 Å². The third-order valence-corrected chi connectivity index (χ3v) is 5.42. The van der Waals surface area contributed by atoms with Crippen LogP contribution in [0.4, 0.5) is 5.69 Å². The zero-order valence-corrected chi connectivity index (χ0v) is 16.8. The van der Waals surface area contributed by atoms with Gasteiger partial charge in [0.25, 0.3) is 11.8 Å². The third kappa shape index (κ3) is 4.03. The van der Waals surface area contributed by atoms with Crippen molar-refractivity contribution in [2.45, 2.75) is 25.9 Å². The summed E-state index contributed by atoms with van der Waals surface area (Å²) in [5, 5.41) is 3.52. The molecule has 1 aliphatic rings. The van der Waals surface area contributed by atoms with E-state index in [9.17, 15) is 9.59 Å². The fraction of sp³-hybridized carbons (Fsp3) is 0.167. The van der Waals surface area contributed by atoms with Crippen LogP contribution in [0, 0.1) is 0 Å². The summed E-state index contributed by atoms with van der Waals surface area (Å²) in [6.07, 6.45) is 0.825. The van der Waals surface area contributed by atoms with Crippen molar-refractivity contribution in [1.29, 1.82) is 0 Å². The minimum absolute atomic E-state index is 0.000741. The van der Waals surface area contributed by atoms with Gasteiger partial charge in [-0.1, -0.05) is 41.9 Å². The number of anilines is 1. The second-order valence-electron chi connectivity index (χ2n) is 7.25. The summed E-state index contributed by atoms with van der Waals surface area (Å²) < 4.78 is 0. The molecule has 3 aromatic carbocycles. The number of carbonyl (C=O) groups excluding carboxylic acids is 2. The Kier molecular flexibility index (Phi) is 5.36. The molecule has 0 fully saturated rings. The van der Waals surface area contributed by atoms with Gasteiger partial charge in [-0.15, -0.1) is 0 Å². The van der Waals surface area contributed by atoms with Gasteiger partial charge in [0, 0.05) is 34.4 Å². The predicted molar refractivity (Wildman–Crippen MR) is 115 cm³/mol. The Labute approximate surface area is 175 Å². The van der Waals surface area contributed by atoms with Crippen molar-refractivity contribution in [3.05, 3.63) is 100 Å². The van der Waals surface area contributed by atoms with E-state index in [4.69, 9.17) is 11.6 Å². The lowest BCUT2D eigenvalue weighted by Gasteiger charge is -2.23. The molecule has 0 radical (unpaired) electrons. The predicted octanol–water partition coefficient (Wildman–Crippen LogP) is 4.86. The summed E-state index contributed by atoms with van der Waals surface area (Å²) in [6, 6.07) is 22.3. The Morgan fingerprint density at radius 2 is 1.72 bits per heavy atom. The first-order chi connectivity index (χ1) is 14.0. The second kappa shape index (κ2) is 8.10. The number of fused-ring (bicyclic) bond motifs is 1. The van der Waals surface area contributed by atoms with Crippen LogP contribution in [0.25, 0.3) is 0 Å². The van der Waals surface area contributed by atoms with Crippen LogP contribution in [0.3, 0.4) is 0 Å². The monoisotopic (exact) mass is 404 g/mol. The smallest absolute Gasteiger partial charge is 0.258 e. The lowest BCUT2D eigenvalue weighted by atomic mass is 10.1. The molecule has 4 nitrogen and oxygen atoms in total. The van der Waals surface area contributed by atoms with Crippen LogP contribution >= 0.6 is 11.6 Å². The van der Waals surface area contributed by atoms with Crippen LogP contribution in [0.5, 0.6) is 0 Å². The van der Waals surface area contributed by atoms with Gasteiger partial charge in [0.2, 0.25) is 0 Å². The van der Waals surface area contributed by atoms with Crippen LogP contribution in [-0.2, 0) is 13.0 Å². The van der Waals surface area contributed by atoms with Gasteiger partial charge in [-0.25, -0.2) is 0 Å². The molecule has 4 rings (SSSR count). The topological polar surface area (TPSA) is 49.4 Å². The summed E-state index contributed by atoms with van der Waals surface area (Å²) in [6.45, 7) is 2.44. The first-order valence-corrected chi connectivity index (χ1v) is 9.95. The molecule has 5 heteroatoms. The molecule has 3 aromatic rings. The van der Waals surface area contributed by atoms with Crippen molar-refractivity contribution in [1.82, 2.24) is 5.32 Å². The molecule has 1 heterocycles. The average molecular weight is 405 g/mol. The molecule has 1 aliphatic heterocycles. The van der Waals surface area contributed by atoms with Crippen LogP contribution in [0.2, 0.25) is 5.02 Å². The molecule has 0 aromatic heterocycles. The van der Waals surface area contributed by atoms with Gasteiger partial charge in [-0.2, -0.15) is 0 Å². The van der Waals surface area contributed by atoms with E-state index in [2.05, 4.69) is 12.2 Å². The quantitative estimate of drug-likeness (QED) is 0.675. The van der Waals surface area contributed by atoms with Gasteiger partial charge in [-0.3, -0.25) is 9.59 Å². The van der Waals surface area contributed by atoms with Crippen molar-refractivity contribution >= 4 is 29.1 Å². The van der Waals surface area contributed by atoms with Crippen LogP contribution in [0.1, 0.15) is 38.8 Å². The van der Waals surface area contributed by atoms with E-state index >= 15 is 0 Å². The lowest BCUT2D eigenvalue weighted by molar-refractivity contribution is 0.0948. The first kappa shape index (κ1) is 19.2. The number of benzene rings is 3. The number of nitrogens with zero attached hydrogens (tertiary/aromatic N) is 1. The normalized spacial score (nSPS) is 15.1. The van der Waals surface area contributed by atoms with Gasteiger partial charge < -0.3 is 10.2 Å². The number of rotatable bonds is 4. The fourth-order valence-corrected chi connectivity index (χ4v) is 3.80. The molecular weight excluding hydrogens is 384 g/mol. The number of hydrogen-bond acceptors (Lipinski definition) is 2.